The molecule has 0 aliphatic carbocycles. The van der Waals surface area contributed by atoms with Crippen molar-refractivity contribution in [2.45, 2.75) is 25.3 Å². The number of para-hydroxylation sites is 2. The van der Waals surface area contributed by atoms with Crippen LogP contribution < -0.4 is 4.90 Å². The van der Waals surface area contributed by atoms with Crippen LogP contribution in [-0.2, 0) is 0 Å². The summed E-state index contributed by atoms with van der Waals surface area (Å²) in [5.41, 5.74) is 5.54. The lowest BCUT2D eigenvalue weighted by Gasteiger charge is -2.36. The Morgan fingerprint density at radius 3 is 2.81 bits per heavy atom. The van der Waals surface area contributed by atoms with Gasteiger partial charge in [0.2, 0.25) is 0 Å². The molecule has 5 nitrogen and oxygen atoms in total. The van der Waals surface area contributed by atoms with E-state index in [1.54, 1.807) is 6.20 Å². The minimum absolute atomic E-state index is 0.0459. The van der Waals surface area contributed by atoms with Crippen molar-refractivity contribution in [2.24, 2.45) is 0 Å². The number of likely N-dealkylation sites (N-methyl/N-ethyl adjacent to an activating group) is 1. The average Bonchev–Trinajstić information content (AvgIpc) is 3.00. The summed E-state index contributed by atoms with van der Waals surface area (Å²) in [6, 6.07) is 14.3. The van der Waals surface area contributed by atoms with Crippen molar-refractivity contribution >= 4 is 22.6 Å². The maximum atomic E-state index is 13.5. The van der Waals surface area contributed by atoms with Gasteiger partial charge in [-0.2, -0.15) is 0 Å². The predicted molar refractivity (Wildman–Crippen MR) is 106 cm³/mol. The summed E-state index contributed by atoms with van der Waals surface area (Å²) in [5, 5.41) is 0. The predicted octanol–water partition coefficient (Wildman–Crippen LogP) is 3.39. The molecule has 5 rings (SSSR count). The number of aromatic nitrogens is 2. The fourth-order valence-electron chi connectivity index (χ4n) is 4.53. The largest absolute Gasteiger partial charge is 0.306 e. The number of hydrogen-bond acceptors (Lipinski definition) is 4. The lowest BCUT2D eigenvalue weighted by Crippen LogP contribution is -2.47. The van der Waals surface area contributed by atoms with E-state index >= 15 is 0 Å². The molecular weight excluding hydrogens is 336 g/mol. The molecule has 0 spiro atoms. The van der Waals surface area contributed by atoms with Gasteiger partial charge < -0.3 is 9.80 Å². The summed E-state index contributed by atoms with van der Waals surface area (Å²) in [6.45, 7) is 4.09. The van der Waals surface area contributed by atoms with Crippen LogP contribution in [0.25, 0.3) is 11.0 Å². The van der Waals surface area contributed by atoms with Crippen molar-refractivity contribution in [3.63, 3.8) is 0 Å². The van der Waals surface area contributed by atoms with Gasteiger partial charge in [-0.15, -0.1) is 0 Å². The molecule has 2 atom stereocenters. The molecule has 5 heteroatoms. The second-order valence-corrected chi connectivity index (χ2v) is 7.71. The molecule has 1 fully saturated rings. The standard InChI is InChI=1S/C22H22N4O/c1-14-7-8-20-15(11-14)16-13-25(2)10-9-21(16)26(20)22(27)19-12-23-17-5-3-4-6-18(17)24-19/h3-8,11-12,16,21H,9-10,13H2,1-2H3/t16-,21-/m0/s1. The topological polar surface area (TPSA) is 49.3 Å². The monoisotopic (exact) mass is 358 g/mol. The molecule has 1 aromatic heterocycles. The number of carbonyl (C=O) groups is 1. The van der Waals surface area contributed by atoms with Crippen molar-refractivity contribution < 1.29 is 4.79 Å². The van der Waals surface area contributed by atoms with E-state index < -0.39 is 0 Å². The Hall–Kier alpha value is -2.79. The summed E-state index contributed by atoms with van der Waals surface area (Å²) in [6.07, 6.45) is 2.59. The normalized spacial score (nSPS) is 21.9. The smallest absolute Gasteiger partial charge is 0.278 e. The lowest BCUT2D eigenvalue weighted by atomic mass is 9.89. The molecule has 2 aromatic carbocycles. The number of fused-ring (bicyclic) bond motifs is 4. The van der Waals surface area contributed by atoms with Gasteiger partial charge in [0.1, 0.15) is 5.69 Å². The molecule has 1 amide bonds. The first-order valence-electron chi connectivity index (χ1n) is 9.46. The zero-order chi connectivity index (χ0) is 18.5. The molecule has 3 heterocycles. The zero-order valence-corrected chi connectivity index (χ0v) is 15.6. The summed E-state index contributed by atoms with van der Waals surface area (Å²) in [4.78, 5) is 26.9. The number of anilines is 1. The van der Waals surface area contributed by atoms with Crippen molar-refractivity contribution in [3.8, 4) is 0 Å². The van der Waals surface area contributed by atoms with Crippen LogP contribution in [0.15, 0.2) is 48.7 Å². The van der Waals surface area contributed by atoms with Crippen LogP contribution in [0, 0.1) is 6.92 Å². The average molecular weight is 358 g/mol. The Morgan fingerprint density at radius 1 is 1.15 bits per heavy atom. The first-order valence-corrected chi connectivity index (χ1v) is 9.46. The van der Waals surface area contributed by atoms with Gasteiger partial charge in [-0.05, 0) is 50.7 Å². The van der Waals surface area contributed by atoms with E-state index in [9.17, 15) is 4.79 Å². The van der Waals surface area contributed by atoms with E-state index in [4.69, 9.17) is 0 Å². The van der Waals surface area contributed by atoms with Crippen LogP contribution in [0.1, 0.15) is 34.0 Å². The van der Waals surface area contributed by atoms with E-state index in [1.807, 2.05) is 29.2 Å². The molecule has 0 N–H and O–H groups in total. The van der Waals surface area contributed by atoms with E-state index in [2.05, 4.69) is 47.0 Å². The molecule has 0 bridgehead atoms. The van der Waals surface area contributed by atoms with Crippen molar-refractivity contribution in [1.29, 1.82) is 0 Å². The Kier molecular flexibility index (Phi) is 3.72. The number of rotatable bonds is 1. The van der Waals surface area contributed by atoms with Gasteiger partial charge >= 0.3 is 0 Å². The number of nitrogens with zero attached hydrogens (tertiary/aromatic N) is 4. The number of aryl methyl sites for hydroxylation is 1. The number of likely N-dealkylation sites (tertiary alicyclic amines) is 1. The number of carbonyl (C=O) groups excluding carboxylic acids is 1. The molecule has 27 heavy (non-hydrogen) atoms. The minimum Gasteiger partial charge on any atom is -0.306 e. The number of amides is 1. The van der Waals surface area contributed by atoms with Crippen LogP contribution in [0.2, 0.25) is 0 Å². The maximum absolute atomic E-state index is 13.5. The fourth-order valence-corrected chi connectivity index (χ4v) is 4.53. The third kappa shape index (κ3) is 2.61. The first kappa shape index (κ1) is 16.4. The summed E-state index contributed by atoms with van der Waals surface area (Å²) >= 11 is 0. The Morgan fingerprint density at radius 2 is 1.96 bits per heavy atom. The van der Waals surface area contributed by atoms with Gasteiger partial charge in [0.25, 0.3) is 5.91 Å². The molecule has 0 unspecified atom stereocenters. The van der Waals surface area contributed by atoms with Crippen LogP contribution in [0.5, 0.6) is 0 Å². The highest BCUT2D eigenvalue weighted by atomic mass is 16.2. The second kappa shape index (κ2) is 6.13. The SMILES string of the molecule is Cc1ccc2c(c1)[C@@H]1CN(C)CC[C@@H]1N2C(=O)c1cnc2ccccc2n1. The second-order valence-electron chi connectivity index (χ2n) is 7.71. The van der Waals surface area contributed by atoms with Gasteiger partial charge in [0.05, 0.1) is 17.2 Å². The zero-order valence-electron chi connectivity index (χ0n) is 15.6. The van der Waals surface area contributed by atoms with Gasteiger partial charge in [0, 0.05) is 24.2 Å². The van der Waals surface area contributed by atoms with E-state index in [-0.39, 0.29) is 11.9 Å². The highest BCUT2D eigenvalue weighted by Gasteiger charge is 2.44. The summed E-state index contributed by atoms with van der Waals surface area (Å²) < 4.78 is 0. The van der Waals surface area contributed by atoms with E-state index in [0.717, 1.165) is 36.2 Å². The summed E-state index contributed by atoms with van der Waals surface area (Å²) in [5.74, 6) is 0.312. The highest BCUT2D eigenvalue weighted by Crippen LogP contribution is 2.45. The fraction of sp³-hybridized carbons (Fsp3) is 0.318. The molecule has 3 aromatic rings. The highest BCUT2D eigenvalue weighted by molar-refractivity contribution is 6.07. The third-order valence-corrected chi connectivity index (χ3v) is 5.84. The molecule has 2 aliphatic rings. The van der Waals surface area contributed by atoms with E-state index in [1.165, 1.54) is 11.1 Å². The van der Waals surface area contributed by atoms with Gasteiger partial charge in [-0.1, -0.05) is 29.8 Å². The van der Waals surface area contributed by atoms with Crippen LogP contribution in [-0.4, -0.2) is 47.0 Å². The number of benzene rings is 2. The van der Waals surface area contributed by atoms with Gasteiger partial charge in [-0.3, -0.25) is 9.78 Å². The van der Waals surface area contributed by atoms with E-state index in [0.29, 0.717) is 11.6 Å². The van der Waals surface area contributed by atoms with Crippen LogP contribution >= 0.6 is 0 Å². The van der Waals surface area contributed by atoms with Crippen molar-refractivity contribution in [3.05, 3.63) is 65.5 Å². The Balaban J connectivity index is 1.59. The number of piperidine rings is 1. The third-order valence-electron chi connectivity index (χ3n) is 5.84. The molecule has 0 saturated carbocycles. The summed E-state index contributed by atoms with van der Waals surface area (Å²) in [7, 11) is 2.16. The number of hydrogen-bond donors (Lipinski definition) is 0. The Labute approximate surface area is 158 Å². The first-order chi connectivity index (χ1) is 13.1. The lowest BCUT2D eigenvalue weighted by molar-refractivity contribution is 0.0960. The van der Waals surface area contributed by atoms with Gasteiger partial charge in [0.15, 0.2) is 0 Å². The molecule has 136 valence electrons. The van der Waals surface area contributed by atoms with Crippen molar-refractivity contribution in [2.75, 3.05) is 25.0 Å². The Bertz CT molecular complexity index is 1050. The van der Waals surface area contributed by atoms with Crippen molar-refractivity contribution in [1.82, 2.24) is 14.9 Å². The molecule has 0 radical (unpaired) electrons. The molecular formula is C22H22N4O. The van der Waals surface area contributed by atoms with Gasteiger partial charge in [-0.25, -0.2) is 4.98 Å². The molecule has 2 aliphatic heterocycles. The maximum Gasteiger partial charge on any atom is 0.278 e. The quantitative estimate of drug-likeness (QED) is 0.669. The molecule has 1 saturated heterocycles. The van der Waals surface area contributed by atoms with Crippen LogP contribution in [0.3, 0.4) is 0 Å². The van der Waals surface area contributed by atoms with Crippen LogP contribution in [0.4, 0.5) is 5.69 Å². The minimum atomic E-state index is -0.0459.